The lowest BCUT2D eigenvalue weighted by molar-refractivity contribution is -0.138. The van der Waals surface area contributed by atoms with E-state index in [1.807, 2.05) is 6.92 Å². The molecule has 8 nitrogen and oxygen atoms in total. The molecule has 1 fully saturated rings. The number of rotatable bonds is 8. The molecule has 2 aromatic carbocycles. The molecule has 0 aromatic heterocycles. The van der Waals surface area contributed by atoms with Gasteiger partial charge in [-0.25, -0.2) is 0 Å². The van der Waals surface area contributed by atoms with E-state index in [-0.39, 0.29) is 24.2 Å². The molecule has 2 aromatic rings. The summed E-state index contributed by atoms with van der Waals surface area (Å²) in [5, 5.41) is 9.36. The van der Waals surface area contributed by atoms with Crippen LogP contribution in [0.2, 0.25) is 0 Å². The van der Waals surface area contributed by atoms with Crippen LogP contribution in [0.3, 0.4) is 0 Å². The summed E-state index contributed by atoms with van der Waals surface area (Å²) in [4.78, 5) is 28.9. The number of hydrogen-bond acceptors (Lipinski definition) is 6. The summed E-state index contributed by atoms with van der Waals surface area (Å²) in [7, 11) is 0. The molecular weight excluding hydrogens is 412 g/mol. The third-order valence-electron chi connectivity index (χ3n) is 5.15. The summed E-state index contributed by atoms with van der Waals surface area (Å²) in [5.74, 6) is 1.78. The van der Waals surface area contributed by atoms with Crippen LogP contribution in [0.5, 0.6) is 23.0 Å². The quantitative estimate of drug-likeness (QED) is 0.676. The summed E-state index contributed by atoms with van der Waals surface area (Å²) >= 11 is 0. The molecule has 1 atom stereocenters. The van der Waals surface area contributed by atoms with Gasteiger partial charge in [-0.15, -0.1) is 0 Å². The minimum absolute atomic E-state index is 0.0533. The molecule has 1 saturated heterocycles. The highest BCUT2D eigenvalue weighted by Gasteiger charge is 2.26. The standard InChI is InChI=1S/C24H30N2O6/c1-3-30-20-9-11-21(12-10-20)31-17-23(28)25-13-4-14-26(16-15-25)24(29)18(2)32-22-7-5-19(27)6-8-22/h5-12,18,27H,3-4,13-17H2,1-2H3. The van der Waals surface area contributed by atoms with Crippen LogP contribution >= 0.6 is 0 Å². The Bertz CT molecular complexity index is 884. The smallest absolute Gasteiger partial charge is 0.263 e. The number of nitrogens with zero attached hydrogens (tertiary/aromatic N) is 2. The molecule has 8 heteroatoms. The highest BCUT2D eigenvalue weighted by Crippen LogP contribution is 2.19. The lowest BCUT2D eigenvalue weighted by atomic mass is 10.3. The molecule has 0 aliphatic carbocycles. The van der Waals surface area contributed by atoms with Gasteiger partial charge < -0.3 is 29.1 Å². The van der Waals surface area contributed by atoms with Crippen molar-refractivity contribution in [2.24, 2.45) is 0 Å². The van der Waals surface area contributed by atoms with Crippen LogP contribution in [0.4, 0.5) is 0 Å². The zero-order chi connectivity index (χ0) is 22.9. The molecular formula is C24H30N2O6. The largest absolute Gasteiger partial charge is 0.508 e. The number of phenols is 1. The van der Waals surface area contributed by atoms with Gasteiger partial charge in [0.1, 0.15) is 23.0 Å². The Kier molecular flexibility index (Phi) is 8.19. The van der Waals surface area contributed by atoms with Crippen molar-refractivity contribution in [1.29, 1.82) is 0 Å². The highest BCUT2D eigenvalue weighted by molar-refractivity contribution is 5.81. The number of amides is 2. The molecule has 172 valence electrons. The normalized spacial score (nSPS) is 14.9. The van der Waals surface area contributed by atoms with Crippen molar-refractivity contribution in [3.63, 3.8) is 0 Å². The van der Waals surface area contributed by atoms with Gasteiger partial charge in [-0.3, -0.25) is 9.59 Å². The SMILES string of the molecule is CCOc1ccc(OCC(=O)N2CCCN(C(=O)C(C)Oc3ccc(O)cc3)CC2)cc1. The summed E-state index contributed by atoms with van der Waals surface area (Å²) in [5.41, 5.74) is 0. The first-order chi connectivity index (χ1) is 15.5. The van der Waals surface area contributed by atoms with Crippen molar-refractivity contribution in [1.82, 2.24) is 9.80 Å². The number of carbonyl (C=O) groups excluding carboxylic acids is 2. The van der Waals surface area contributed by atoms with Gasteiger partial charge in [0.2, 0.25) is 0 Å². The van der Waals surface area contributed by atoms with Crippen LogP contribution in [0.25, 0.3) is 0 Å². The molecule has 1 N–H and O–H groups in total. The van der Waals surface area contributed by atoms with Gasteiger partial charge in [-0.2, -0.15) is 0 Å². The minimum atomic E-state index is -0.662. The van der Waals surface area contributed by atoms with Crippen LogP contribution in [-0.4, -0.2) is 72.2 Å². The van der Waals surface area contributed by atoms with Gasteiger partial charge in [-0.1, -0.05) is 0 Å². The first-order valence-corrected chi connectivity index (χ1v) is 10.8. The molecule has 0 radical (unpaired) electrons. The Hall–Kier alpha value is -3.42. The van der Waals surface area contributed by atoms with E-state index < -0.39 is 6.10 Å². The predicted molar refractivity (Wildman–Crippen MR) is 119 cm³/mol. The second kappa shape index (κ2) is 11.3. The first-order valence-electron chi connectivity index (χ1n) is 10.8. The molecule has 1 unspecified atom stereocenters. The Morgan fingerprint density at radius 1 is 0.875 bits per heavy atom. The second-order valence-corrected chi connectivity index (χ2v) is 7.51. The van der Waals surface area contributed by atoms with Crippen LogP contribution in [0.15, 0.2) is 48.5 Å². The van der Waals surface area contributed by atoms with Crippen LogP contribution in [0, 0.1) is 0 Å². The van der Waals surface area contributed by atoms with Gasteiger partial charge >= 0.3 is 0 Å². The lowest BCUT2D eigenvalue weighted by Crippen LogP contribution is -2.43. The van der Waals surface area contributed by atoms with Crippen LogP contribution < -0.4 is 14.2 Å². The molecule has 3 rings (SSSR count). The molecule has 32 heavy (non-hydrogen) atoms. The Labute approximate surface area is 188 Å². The van der Waals surface area contributed by atoms with E-state index in [9.17, 15) is 14.7 Å². The van der Waals surface area contributed by atoms with Crippen molar-refractivity contribution in [2.75, 3.05) is 39.4 Å². The average Bonchev–Trinajstić information content (AvgIpc) is 3.06. The van der Waals surface area contributed by atoms with Gasteiger partial charge in [0.25, 0.3) is 11.8 Å². The third kappa shape index (κ3) is 6.54. The number of hydrogen-bond donors (Lipinski definition) is 1. The van der Waals surface area contributed by atoms with Crippen LogP contribution in [0.1, 0.15) is 20.3 Å². The number of ether oxygens (including phenoxy) is 3. The molecule has 0 spiro atoms. The van der Waals surface area contributed by atoms with Crippen molar-refractivity contribution in [3.8, 4) is 23.0 Å². The fourth-order valence-corrected chi connectivity index (χ4v) is 3.46. The maximum atomic E-state index is 12.8. The summed E-state index contributed by atoms with van der Waals surface area (Å²) in [6.45, 7) is 6.18. The van der Waals surface area contributed by atoms with E-state index in [1.54, 1.807) is 53.1 Å². The molecule has 1 aliphatic heterocycles. The number of phenolic OH excluding ortho intramolecular Hbond substituents is 1. The fraction of sp³-hybridized carbons (Fsp3) is 0.417. The first kappa shape index (κ1) is 23.2. The maximum absolute atomic E-state index is 12.8. The Morgan fingerprint density at radius 2 is 1.44 bits per heavy atom. The number of carbonyl (C=O) groups is 2. The van der Waals surface area contributed by atoms with Crippen molar-refractivity contribution in [3.05, 3.63) is 48.5 Å². The summed E-state index contributed by atoms with van der Waals surface area (Å²) in [6.07, 6.45) is 0.0247. The Balaban J connectivity index is 1.46. The van der Waals surface area contributed by atoms with Gasteiger partial charge in [0.15, 0.2) is 12.7 Å². The number of aromatic hydroxyl groups is 1. The zero-order valence-corrected chi connectivity index (χ0v) is 18.5. The highest BCUT2D eigenvalue weighted by atomic mass is 16.5. The van der Waals surface area contributed by atoms with E-state index in [2.05, 4.69) is 0 Å². The van der Waals surface area contributed by atoms with Crippen molar-refractivity contribution < 1.29 is 28.9 Å². The van der Waals surface area contributed by atoms with Gasteiger partial charge in [-0.05, 0) is 68.8 Å². The monoisotopic (exact) mass is 442 g/mol. The maximum Gasteiger partial charge on any atom is 0.263 e. The Morgan fingerprint density at radius 3 is 2.09 bits per heavy atom. The van der Waals surface area contributed by atoms with E-state index in [0.29, 0.717) is 50.7 Å². The topological polar surface area (TPSA) is 88.5 Å². The van der Waals surface area contributed by atoms with Crippen molar-refractivity contribution in [2.45, 2.75) is 26.4 Å². The molecule has 0 saturated carbocycles. The third-order valence-corrected chi connectivity index (χ3v) is 5.15. The van der Waals surface area contributed by atoms with Gasteiger partial charge in [0.05, 0.1) is 6.61 Å². The molecule has 1 aliphatic rings. The second-order valence-electron chi connectivity index (χ2n) is 7.51. The van der Waals surface area contributed by atoms with Gasteiger partial charge in [0, 0.05) is 26.2 Å². The molecule has 2 amide bonds. The van der Waals surface area contributed by atoms with Crippen LogP contribution in [-0.2, 0) is 9.59 Å². The van der Waals surface area contributed by atoms with E-state index >= 15 is 0 Å². The summed E-state index contributed by atoms with van der Waals surface area (Å²) in [6, 6.07) is 13.4. The average molecular weight is 443 g/mol. The van der Waals surface area contributed by atoms with E-state index in [1.165, 1.54) is 12.1 Å². The molecule has 1 heterocycles. The van der Waals surface area contributed by atoms with Crippen molar-refractivity contribution >= 4 is 11.8 Å². The number of benzene rings is 2. The van der Waals surface area contributed by atoms with E-state index in [4.69, 9.17) is 14.2 Å². The minimum Gasteiger partial charge on any atom is -0.508 e. The van der Waals surface area contributed by atoms with E-state index in [0.717, 1.165) is 5.75 Å². The fourth-order valence-electron chi connectivity index (χ4n) is 3.46. The molecule has 0 bridgehead atoms. The summed E-state index contributed by atoms with van der Waals surface area (Å²) < 4.78 is 16.7. The lowest BCUT2D eigenvalue weighted by Gasteiger charge is -2.25. The predicted octanol–water partition coefficient (Wildman–Crippen LogP) is 2.70. The zero-order valence-electron chi connectivity index (χ0n) is 18.5.